The average Bonchev–Trinajstić information content (AvgIpc) is 2.38. The first kappa shape index (κ1) is 14.8. The molecule has 1 rings (SSSR count). The fraction of sp³-hybridized carbons (Fsp3) is 0.500. The van der Waals surface area contributed by atoms with Gasteiger partial charge in [-0.25, -0.2) is 0 Å². The second kappa shape index (κ2) is 6.10. The quantitative estimate of drug-likeness (QED) is 0.770. The molecule has 100 valence electrons. The Morgan fingerprint density at radius 2 is 1.89 bits per heavy atom. The number of ether oxygens (including phenoxy) is 1. The number of carbonyl (C=O) groups is 1. The summed E-state index contributed by atoms with van der Waals surface area (Å²) in [5.74, 6) is 1.27. The van der Waals surface area contributed by atoms with Gasteiger partial charge in [-0.05, 0) is 31.5 Å². The van der Waals surface area contributed by atoms with E-state index in [4.69, 9.17) is 16.3 Å². The number of likely N-dealkylation sites (N-methyl/N-ethyl adjacent to an activating group) is 1. The molecule has 1 aromatic carbocycles. The zero-order chi connectivity index (χ0) is 13.8. The summed E-state index contributed by atoms with van der Waals surface area (Å²) in [6, 6.07) is 7.52. The molecule has 0 saturated carbocycles. The van der Waals surface area contributed by atoms with E-state index < -0.39 is 0 Å². The van der Waals surface area contributed by atoms with Crippen LogP contribution in [0, 0.1) is 0 Å². The number of rotatable bonds is 5. The van der Waals surface area contributed by atoms with Gasteiger partial charge in [0, 0.05) is 12.9 Å². The van der Waals surface area contributed by atoms with E-state index in [0.29, 0.717) is 12.3 Å². The van der Waals surface area contributed by atoms with Crippen LogP contribution in [0.2, 0.25) is 0 Å². The predicted octanol–water partition coefficient (Wildman–Crippen LogP) is 2.71. The fourth-order valence-electron chi connectivity index (χ4n) is 1.46. The molecule has 0 aliphatic heterocycles. The number of alkyl halides is 1. The van der Waals surface area contributed by atoms with E-state index in [1.807, 2.05) is 38.1 Å². The average molecular weight is 270 g/mol. The Bertz CT molecular complexity index is 401. The second-order valence-electron chi connectivity index (χ2n) is 4.92. The first-order chi connectivity index (χ1) is 8.40. The Kier molecular flexibility index (Phi) is 5.03. The van der Waals surface area contributed by atoms with E-state index in [2.05, 4.69) is 0 Å². The topological polar surface area (TPSA) is 29.5 Å². The van der Waals surface area contributed by atoms with Gasteiger partial charge in [0.05, 0.1) is 19.1 Å². The van der Waals surface area contributed by atoms with Crippen molar-refractivity contribution in [3.63, 3.8) is 0 Å². The van der Waals surface area contributed by atoms with Crippen LogP contribution < -0.4 is 4.74 Å². The molecular formula is C14H20ClNO2. The molecule has 0 atom stereocenters. The van der Waals surface area contributed by atoms with Crippen molar-refractivity contribution < 1.29 is 9.53 Å². The minimum absolute atomic E-state index is 0.0609. The molecule has 0 N–H and O–H groups in total. The predicted molar refractivity (Wildman–Crippen MR) is 74.3 cm³/mol. The molecule has 0 saturated heterocycles. The lowest BCUT2D eigenvalue weighted by Gasteiger charge is -2.34. The molecule has 0 aromatic heterocycles. The van der Waals surface area contributed by atoms with Gasteiger partial charge in [0.2, 0.25) is 5.91 Å². The second-order valence-corrected chi connectivity index (χ2v) is 5.19. The maximum Gasteiger partial charge on any atom is 0.227 e. The van der Waals surface area contributed by atoms with E-state index in [9.17, 15) is 4.79 Å². The Labute approximate surface area is 114 Å². The van der Waals surface area contributed by atoms with Crippen molar-refractivity contribution in [3.8, 4) is 5.75 Å². The maximum atomic E-state index is 12.1. The summed E-state index contributed by atoms with van der Waals surface area (Å²) in [5, 5.41) is 0. The molecule has 0 unspecified atom stereocenters. The zero-order valence-corrected chi connectivity index (χ0v) is 12.1. The normalized spacial score (nSPS) is 11.2. The minimum Gasteiger partial charge on any atom is -0.497 e. The first-order valence-corrected chi connectivity index (χ1v) is 6.39. The molecule has 1 aromatic rings. The standard InChI is InChI=1S/C14H20ClNO2/c1-14(2,10-15)16(3)13(17)9-11-5-7-12(18-4)8-6-11/h5-8H,9-10H2,1-4H3. The lowest BCUT2D eigenvalue weighted by molar-refractivity contribution is -0.133. The largest absolute Gasteiger partial charge is 0.497 e. The Hall–Kier alpha value is -1.22. The molecule has 0 radical (unpaired) electrons. The third-order valence-electron chi connectivity index (χ3n) is 3.12. The third-order valence-corrected chi connectivity index (χ3v) is 3.78. The molecule has 0 bridgehead atoms. The molecule has 18 heavy (non-hydrogen) atoms. The summed E-state index contributed by atoms with van der Waals surface area (Å²) < 4.78 is 5.08. The van der Waals surface area contributed by atoms with Crippen LogP contribution in [0.15, 0.2) is 24.3 Å². The Morgan fingerprint density at radius 1 is 1.33 bits per heavy atom. The van der Waals surface area contributed by atoms with Gasteiger partial charge in [-0.3, -0.25) is 4.79 Å². The summed E-state index contributed by atoms with van der Waals surface area (Å²) >= 11 is 5.86. The van der Waals surface area contributed by atoms with Gasteiger partial charge in [0.25, 0.3) is 0 Å². The third kappa shape index (κ3) is 3.64. The Balaban J connectivity index is 2.69. The number of amides is 1. The van der Waals surface area contributed by atoms with Crippen LogP contribution in [0.4, 0.5) is 0 Å². The van der Waals surface area contributed by atoms with Crippen molar-refractivity contribution in [3.05, 3.63) is 29.8 Å². The lowest BCUT2D eigenvalue weighted by Crippen LogP contribution is -2.47. The Morgan fingerprint density at radius 3 is 2.33 bits per heavy atom. The van der Waals surface area contributed by atoms with Crippen LogP contribution in [0.1, 0.15) is 19.4 Å². The van der Waals surface area contributed by atoms with Crippen molar-refractivity contribution in [2.24, 2.45) is 0 Å². The molecule has 0 fully saturated rings. The van der Waals surface area contributed by atoms with E-state index in [1.54, 1.807) is 19.1 Å². The number of hydrogen-bond donors (Lipinski definition) is 0. The SMILES string of the molecule is COc1ccc(CC(=O)N(C)C(C)(C)CCl)cc1. The van der Waals surface area contributed by atoms with E-state index in [-0.39, 0.29) is 11.4 Å². The van der Waals surface area contributed by atoms with E-state index in [0.717, 1.165) is 11.3 Å². The number of methoxy groups -OCH3 is 1. The number of carbonyl (C=O) groups excluding carboxylic acids is 1. The van der Waals surface area contributed by atoms with Crippen molar-refractivity contribution in [1.82, 2.24) is 4.90 Å². The monoisotopic (exact) mass is 269 g/mol. The van der Waals surface area contributed by atoms with Crippen molar-refractivity contribution in [2.45, 2.75) is 25.8 Å². The molecule has 1 amide bonds. The van der Waals surface area contributed by atoms with Crippen LogP contribution in [0.25, 0.3) is 0 Å². The molecule has 4 heteroatoms. The van der Waals surface area contributed by atoms with Crippen molar-refractivity contribution >= 4 is 17.5 Å². The summed E-state index contributed by atoms with van der Waals surface area (Å²) in [5.41, 5.74) is 0.642. The number of benzene rings is 1. The molecule has 0 aliphatic carbocycles. The van der Waals surface area contributed by atoms with Crippen LogP contribution in [-0.4, -0.2) is 36.4 Å². The number of halogens is 1. The summed E-state index contributed by atoms with van der Waals surface area (Å²) in [6.45, 7) is 3.90. The van der Waals surface area contributed by atoms with Crippen LogP contribution in [0.3, 0.4) is 0 Å². The van der Waals surface area contributed by atoms with Crippen molar-refractivity contribution in [1.29, 1.82) is 0 Å². The highest BCUT2D eigenvalue weighted by Crippen LogP contribution is 2.17. The van der Waals surface area contributed by atoms with Crippen LogP contribution >= 0.6 is 11.6 Å². The number of hydrogen-bond acceptors (Lipinski definition) is 2. The van der Waals surface area contributed by atoms with Gasteiger partial charge in [-0.2, -0.15) is 0 Å². The van der Waals surface area contributed by atoms with Gasteiger partial charge in [0.1, 0.15) is 5.75 Å². The van der Waals surface area contributed by atoms with Gasteiger partial charge < -0.3 is 9.64 Å². The highest BCUT2D eigenvalue weighted by atomic mass is 35.5. The van der Waals surface area contributed by atoms with E-state index in [1.165, 1.54) is 0 Å². The van der Waals surface area contributed by atoms with Gasteiger partial charge in [-0.1, -0.05) is 12.1 Å². The van der Waals surface area contributed by atoms with E-state index >= 15 is 0 Å². The summed E-state index contributed by atoms with van der Waals surface area (Å²) in [6.07, 6.45) is 0.376. The smallest absolute Gasteiger partial charge is 0.227 e. The zero-order valence-electron chi connectivity index (χ0n) is 11.4. The van der Waals surface area contributed by atoms with Crippen LogP contribution in [-0.2, 0) is 11.2 Å². The van der Waals surface area contributed by atoms with Crippen molar-refractivity contribution in [2.75, 3.05) is 20.0 Å². The molecule has 0 heterocycles. The summed E-state index contributed by atoms with van der Waals surface area (Å²) in [7, 11) is 3.41. The lowest BCUT2D eigenvalue weighted by atomic mass is 10.0. The van der Waals surface area contributed by atoms with Crippen LogP contribution in [0.5, 0.6) is 5.75 Å². The molecular weight excluding hydrogens is 250 g/mol. The van der Waals surface area contributed by atoms with Gasteiger partial charge in [0.15, 0.2) is 0 Å². The molecule has 0 spiro atoms. The summed E-state index contributed by atoms with van der Waals surface area (Å²) in [4.78, 5) is 13.8. The highest BCUT2D eigenvalue weighted by molar-refractivity contribution is 6.18. The molecule has 0 aliphatic rings. The maximum absolute atomic E-state index is 12.1. The van der Waals surface area contributed by atoms with Gasteiger partial charge >= 0.3 is 0 Å². The van der Waals surface area contributed by atoms with Gasteiger partial charge in [-0.15, -0.1) is 11.6 Å². The first-order valence-electron chi connectivity index (χ1n) is 5.86. The number of nitrogens with zero attached hydrogens (tertiary/aromatic N) is 1. The highest BCUT2D eigenvalue weighted by Gasteiger charge is 2.26. The molecule has 3 nitrogen and oxygen atoms in total. The fourth-order valence-corrected chi connectivity index (χ4v) is 1.64. The minimum atomic E-state index is -0.328.